The van der Waals surface area contributed by atoms with Gasteiger partial charge in [0, 0.05) is 14.6 Å². The zero-order chi connectivity index (χ0) is 14.9. The third-order valence-electron chi connectivity index (χ3n) is 2.42. The summed E-state index contributed by atoms with van der Waals surface area (Å²) in [6.07, 6.45) is 0. The molecule has 0 bridgehead atoms. The average Bonchev–Trinajstić information content (AvgIpc) is 2.36. The van der Waals surface area contributed by atoms with E-state index in [2.05, 4.69) is 36.6 Å². The first-order valence-electron chi connectivity index (χ1n) is 5.32. The number of benzene rings is 2. The summed E-state index contributed by atoms with van der Waals surface area (Å²) >= 11 is 12.5. The Kier molecular flexibility index (Phi) is 4.63. The molecule has 0 aromatic heterocycles. The summed E-state index contributed by atoms with van der Waals surface area (Å²) < 4.78 is 28.5. The summed E-state index contributed by atoms with van der Waals surface area (Å²) in [4.78, 5) is -0.0638. The molecule has 0 saturated carbocycles. The van der Waals surface area contributed by atoms with Crippen LogP contribution < -0.4 is 10.5 Å². The highest BCUT2D eigenvalue weighted by molar-refractivity contribution is 9.11. The smallest absolute Gasteiger partial charge is 0.263 e. The van der Waals surface area contributed by atoms with Gasteiger partial charge in [0.15, 0.2) is 0 Å². The minimum atomic E-state index is -3.82. The van der Waals surface area contributed by atoms with Gasteiger partial charge in [-0.1, -0.05) is 27.5 Å². The number of nitrogens with one attached hydrogen (secondary N) is 1. The molecule has 0 heterocycles. The second-order valence-corrected chi connectivity index (χ2v) is 7.75. The second-order valence-electron chi connectivity index (χ2n) is 3.92. The van der Waals surface area contributed by atoms with E-state index in [1.165, 1.54) is 18.2 Å². The van der Waals surface area contributed by atoms with Crippen molar-refractivity contribution < 1.29 is 8.42 Å². The van der Waals surface area contributed by atoms with Gasteiger partial charge in [0.2, 0.25) is 0 Å². The van der Waals surface area contributed by atoms with Crippen LogP contribution in [0.3, 0.4) is 0 Å². The molecule has 0 spiro atoms. The Balaban J connectivity index is 2.46. The maximum atomic E-state index is 12.4. The number of nitrogens with two attached hydrogens (primary N) is 1. The van der Waals surface area contributed by atoms with Crippen molar-refractivity contribution in [1.29, 1.82) is 0 Å². The van der Waals surface area contributed by atoms with Crippen LogP contribution in [-0.2, 0) is 10.0 Å². The third kappa shape index (κ3) is 3.46. The van der Waals surface area contributed by atoms with E-state index >= 15 is 0 Å². The normalized spacial score (nSPS) is 11.3. The lowest BCUT2D eigenvalue weighted by Gasteiger charge is -2.11. The van der Waals surface area contributed by atoms with E-state index in [0.717, 1.165) is 4.47 Å². The Hall–Kier alpha value is -0.760. The summed E-state index contributed by atoms with van der Waals surface area (Å²) in [5, 5.41) is 0.109. The van der Waals surface area contributed by atoms with Crippen LogP contribution in [0.4, 0.5) is 11.4 Å². The monoisotopic (exact) mass is 438 g/mol. The predicted octanol–water partition coefficient (Wildman–Crippen LogP) is 4.25. The lowest BCUT2D eigenvalue weighted by molar-refractivity contribution is 0.601. The predicted molar refractivity (Wildman–Crippen MR) is 88.5 cm³/mol. The average molecular weight is 441 g/mol. The minimum absolute atomic E-state index is 0.0638. The van der Waals surface area contributed by atoms with Crippen molar-refractivity contribution in [1.82, 2.24) is 0 Å². The van der Waals surface area contributed by atoms with E-state index in [1.807, 2.05) is 0 Å². The van der Waals surface area contributed by atoms with Crippen molar-refractivity contribution in [3.63, 3.8) is 0 Å². The maximum absolute atomic E-state index is 12.4. The lowest BCUT2D eigenvalue weighted by atomic mass is 10.3. The standard InChI is InChI=1S/C12H9Br2ClN2O2S/c13-7-1-3-9(14)11(5-7)17-20(18,19)12-6-8(16)2-4-10(12)15/h1-6,17H,16H2. The largest absolute Gasteiger partial charge is 0.399 e. The molecule has 3 N–H and O–H groups in total. The minimum Gasteiger partial charge on any atom is -0.399 e. The number of hydrogen-bond acceptors (Lipinski definition) is 3. The summed E-state index contributed by atoms with van der Waals surface area (Å²) in [5.41, 5.74) is 6.33. The summed E-state index contributed by atoms with van der Waals surface area (Å²) in [7, 11) is -3.82. The highest BCUT2D eigenvalue weighted by Crippen LogP contribution is 2.30. The van der Waals surface area contributed by atoms with Gasteiger partial charge in [0.05, 0.1) is 10.7 Å². The molecule has 106 valence electrons. The van der Waals surface area contributed by atoms with Gasteiger partial charge in [0.25, 0.3) is 10.0 Å². The van der Waals surface area contributed by atoms with Crippen LogP contribution in [0.2, 0.25) is 5.02 Å². The number of sulfonamides is 1. The van der Waals surface area contributed by atoms with Crippen LogP contribution in [0, 0.1) is 0 Å². The Morgan fingerprint density at radius 1 is 1.10 bits per heavy atom. The Labute approximate surface area is 138 Å². The molecule has 8 heteroatoms. The molecule has 2 aromatic carbocycles. The second kappa shape index (κ2) is 5.93. The number of halogens is 3. The molecule has 0 saturated heterocycles. The first kappa shape index (κ1) is 15.6. The molecule has 0 radical (unpaired) electrons. The van der Waals surface area contributed by atoms with Gasteiger partial charge in [-0.3, -0.25) is 4.72 Å². The number of nitrogen functional groups attached to an aromatic ring is 1. The SMILES string of the molecule is Nc1ccc(Cl)c(S(=O)(=O)Nc2cc(Br)ccc2Br)c1. The van der Waals surface area contributed by atoms with Crippen molar-refractivity contribution in [2.75, 3.05) is 10.5 Å². The fourth-order valence-corrected chi connectivity index (χ4v) is 3.95. The van der Waals surface area contributed by atoms with Crippen LogP contribution >= 0.6 is 43.5 Å². The zero-order valence-electron chi connectivity index (χ0n) is 9.90. The number of anilines is 2. The van der Waals surface area contributed by atoms with E-state index < -0.39 is 10.0 Å². The van der Waals surface area contributed by atoms with Gasteiger partial charge in [-0.05, 0) is 52.3 Å². The van der Waals surface area contributed by atoms with Crippen molar-refractivity contribution in [3.8, 4) is 0 Å². The highest BCUT2D eigenvalue weighted by atomic mass is 79.9. The van der Waals surface area contributed by atoms with Gasteiger partial charge in [-0.15, -0.1) is 0 Å². The fourth-order valence-electron chi connectivity index (χ4n) is 1.50. The molecular weight excluding hydrogens is 431 g/mol. The van der Waals surface area contributed by atoms with E-state index in [0.29, 0.717) is 15.8 Å². The molecular formula is C12H9Br2ClN2O2S. The van der Waals surface area contributed by atoms with E-state index in [1.54, 1.807) is 18.2 Å². The first-order valence-corrected chi connectivity index (χ1v) is 8.77. The Morgan fingerprint density at radius 2 is 1.80 bits per heavy atom. The Morgan fingerprint density at radius 3 is 2.50 bits per heavy atom. The highest BCUT2D eigenvalue weighted by Gasteiger charge is 2.19. The molecule has 4 nitrogen and oxygen atoms in total. The van der Waals surface area contributed by atoms with Crippen LogP contribution in [0.15, 0.2) is 50.2 Å². The van der Waals surface area contributed by atoms with E-state index in [-0.39, 0.29) is 9.92 Å². The molecule has 2 aromatic rings. The zero-order valence-corrected chi connectivity index (χ0v) is 14.6. The molecule has 0 fully saturated rings. The van der Waals surface area contributed by atoms with Gasteiger partial charge in [0.1, 0.15) is 4.90 Å². The number of rotatable bonds is 3. The van der Waals surface area contributed by atoms with E-state index in [9.17, 15) is 8.42 Å². The molecule has 0 atom stereocenters. The summed E-state index contributed by atoms with van der Waals surface area (Å²) in [6.45, 7) is 0. The molecule has 20 heavy (non-hydrogen) atoms. The van der Waals surface area contributed by atoms with Gasteiger partial charge < -0.3 is 5.73 Å². The summed E-state index contributed by atoms with van der Waals surface area (Å²) in [5.74, 6) is 0. The van der Waals surface area contributed by atoms with E-state index in [4.69, 9.17) is 17.3 Å². The lowest BCUT2D eigenvalue weighted by Crippen LogP contribution is -2.14. The van der Waals surface area contributed by atoms with Gasteiger partial charge in [-0.25, -0.2) is 8.42 Å². The molecule has 2 rings (SSSR count). The van der Waals surface area contributed by atoms with Crippen molar-refractivity contribution in [2.24, 2.45) is 0 Å². The first-order chi connectivity index (χ1) is 9.29. The van der Waals surface area contributed by atoms with Gasteiger partial charge >= 0.3 is 0 Å². The fraction of sp³-hybridized carbons (Fsp3) is 0. The quantitative estimate of drug-likeness (QED) is 0.701. The third-order valence-corrected chi connectivity index (χ3v) is 5.45. The molecule has 0 unspecified atom stereocenters. The van der Waals surface area contributed by atoms with Crippen molar-refractivity contribution in [3.05, 3.63) is 50.4 Å². The van der Waals surface area contributed by atoms with Crippen LogP contribution in [0.5, 0.6) is 0 Å². The molecule has 0 aliphatic rings. The van der Waals surface area contributed by atoms with Crippen LogP contribution in [-0.4, -0.2) is 8.42 Å². The molecule has 0 aliphatic heterocycles. The Bertz CT molecular complexity index is 766. The maximum Gasteiger partial charge on any atom is 0.263 e. The molecule has 0 aliphatic carbocycles. The summed E-state index contributed by atoms with van der Waals surface area (Å²) in [6, 6.07) is 9.45. The molecule has 0 amide bonds. The van der Waals surface area contributed by atoms with Gasteiger partial charge in [-0.2, -0.15) is 0 Å². The van der Waals surface area contributed by atoms with Crippen LogP contribution in [0.1, 0.15) is 0 Å². The van der Waals surface area contributed by atoms with Crippen molar-refractivity contribution in [2.45, 2.75) is 4.90 Å². The van der Waals surface area contributed by atoms with Crippen molar-refractivity contribution >= 4 is 64.9 Å². The number of hydrogen-bond donors (Lipinski definition) is 2. The topological polar surface area (TPSA) is 72.2 Å². The van der Waals surface area contributed by atoms with Crippen LogP contribution in [0.25, 0.3) is 0 Å².